The van der Waals surface area contributed by atoms with Gasteiger partial charge in [-0.25, -0.2) is 9.36 Å². The minimum absolute atomic E-state index is 0.227. The van der Waals surface area contributed by atoms with Crippen LogP contribution in [0.1, 0.15) is 48.6 Å². The number of carbonyl (C=O) groups is 1. The van der Waals surface area contributed by atoms with Crippen molar-refractivity contribution in [3.63, 3.8) is 0 Å². The molecule has 4 aromatic rings. The van der Waals surface area contributed by atoms with Crippen LogP contribution in [0, 0.1) is 0 Å². The molecule has 2 aromatic carbocycles. The van der Waals surface area contributed by atoms with Crippen molar-refractivity contribution in [1.29, 1.82) is 0 Å². The second-order valence-corrected chi connectivity index (χ2v) is 11.8. The van der Waals surface area contributed by atoms with Gasteiger partial charge in [-0.2, -0.15) is 10.2 Å². The van der Waals surface area contributed by atoms with Crippen LogP contribution in [0.15, 0.2) is 73.3 Å². The predicted molar refractivity (Wildman–Crippen MR) is 159 cm³/mol. The van der Waals surface area contributed by atoms with Crippen LogP contribution in [-0.2, 0) is 4.79 Å². The Kier molecular flexibility index (Phi) is 8.35. The summed E-state index contributed by atoms with van der Waals surface area (Å²) in [6, 6.07) is 15.2. The first-order valence-corrected chi connectivity index (χ1v) is 14.9. The van der Waals surface area contributed by atoms with Crippen molar-refractivity contribution in [2.75, 3.05) is 39.3 Å². The maximum absolute atomic E-state index is 14.6. The Hall–Kier alpha value is -2.97. The van der Waals surface area contributed by atoms with E-state index in [9.17, 15) is 4.79 Å². The van der Waals surface area contributed by atoms with Gasteiger partial charge in [0.1, 0.15) is 0 Å². The smallest absolute Gasteiger partial charge is 0.150 e. The quantitative estimate of drug-likeness (QED) is 0.232. The zero-order valence-electron chi connectivity index (χ0n) is 22.5. The fourth-order valence-corrected chi connectivity index (χ4v) is 6.16. The molecule has 40 heavy (non-hydrogen) atoms. The molecule has 6 rings (SSSR count). The largest absolute Gasteiger partial charge is 0.302 e. The highest BCUT2D eigenvalue weighted by Gasteiger charge is 2.34. The number of aromatic nitrogens is 4. The first-order chi connectivity index (χ1) is 19.5. The maximum Gasteiger partial charge on any atom is 0.150 e. The van der Waals surface area contributed by atoms with Gasteiger partial charge >= 0.3 is 0 Å². The average Bonchev–Trinajstić information content (AvgIpc) is 3.79. The van der Waals surface area contributed by atoms with Crippen molar-refractivity contribution in [2.24, 2.45) is 0 Å². The van der Waals surface area contributed by atoms with Gasteiger partial charge in [0, 0.05) is 46.7 Å². The van der Waals surface area contributed by atoms with E-state index in [0.29, 0.717) is 23.1 Å². The topological polar surface area (TPSA) is 59.2 Å². The molecular formula is C31H34Cl2N6O. The van der Waals surface area contributed by atoms with E-state index in [1.807, 2.05) is 82.7 Å². The Balaban J connectivity index is 1.33. The van der Waals surface area contributed by atoms with E-state index in [1.165, 1.54) is 25.7 Å². The molecule has 2 aliphatic rings. The summed E-state index contributed by atoms with van der Waals surface area (Å²) in [5.41, 5.74) is 3.73. The molecule has 208 valence electrons. The highest BCUT2D eigenvalue weighted by Crippen LogP contribution is 2.31. The van der Waals surface area contributed by atoms with Crippen LogP contribution in [0.5, 0.6) is 0 Å². The Morgan fingerprint density at radius 2 is 1.02 bits per heavy atom. The Morgan fingerprint density at radius 3 is 1.40 bits per heavy atom. The summed E-state index contributed by atoms with van der Waals surface area (Å²) >= 11 is 12.2. The molecule has 0 N–H and O–H groups in total. The highest BCUT2D eigenvalue weighted by molar-refractivity contribution is 6.30. The van der Waals surface area contributed by atoms with Crippen molar-refractivity contribution in [3.05, 3.63) is 94.5 Å². The van der Waals surface area contributed by atoms with Crippen LogP contribution in [0.4, 0.5) is 0 Å². The molecule has 0 saturated carbocycles. The van der Waals surface area contributed by atoms with Gasteiger partial charge in [-0.3, -0.25) is 4.79 Å². The third-order valence-corrected chi connectivity index (χ3v) is 8.66. The van der Waals surface area contributed by atoms with Gasteiger partial charge in [0.25, 0.3) is 0 Å². The lowest BCUT2D eigenvalue weighted by Crippen LogP contribution is -2.36. The molecule has 2 unspecified atom stereocenters. The lowest BCUT2D eigenvalue weighted by Gasteiger charge is -2.28. The van der Waals surface area contributed by atoms with Crippen molar-refractivity contribution >= 4 is 29.0 Å². The lowest BCUT2D eigenvalue weighted by atomic mass is 9.85. The SMILES string of the molecule is O=C(C(CN1CCCC1)c1cnn(-c2ccc(Cl)cc2)c1)C(CN1CCCC1)c1cnn(-c2ccc(Cl)cc2)c1. The number of carbonyl (C=O) groups excluding carboxylic acids is 1. The Labute approximate surface area is 245 Å². The van der Waals surface area contributed by atoms with Crippen molar-refractivity contribution in [2.45, 2.75) is 37.5 Å². The van der Waals surface area contributed by atoms with Gasteiger partial charge in [0.15, 0.2) is 5.78 Å². The number of hydrogen-bond acceptors (Lipinski definition) is 5. The summed E-state index contributed by atoms with van der Waals surface area (Å²) in [5.74, 6) is -0.346. The molecule has 0 spiro atoms. The highest BCUT2D eigenvalue weighted by atomic mass is 35.5. The van der Waals surface area contributed by atoms with Crippen LogP contribution in [-0.4, -0.2) is 74.4 Å². The lowest BCUT2D eigenvalue weighted by molar-refractivity contribution is -0.122. The van der Waals surface area contributed by atoms with Crippen molar-refractivity contribution in [3.8, 4) is 11.4 Å². The molecule has 4 heterocycles. The zero-order chi connectivity index (χ0) is 27.5. The number of hydrogen-bond donors (Lipinski definition) is 0. The zero-order valence-corrected chi connectivity index (χ0v) is 24.0. The third kappa shape index (κ3) is 6.18. The summed E-state index contributed by atoms with van der Waals surface area (Å²) in [5, 5.41) is 10.7. The number of nitrogens with zero attached hydrogens (tertiary/aromatic N) is 6. The molecule has 0 aliphatic carbocycles. The fourth-order valence-electron chi connectivity index (χ4n) is 5.91. The molecule has 0 radical (unpaired) electrons. The molecule has 2 saturated heterocycles. The molecule has 0 bridgehead atoms. The third-order valence-electron chi connectivity index (χ3n) is 8.16. The minimum atomic E-state index is -0.286. The second-order valence-electron chi connectivity index (χ2n) is 10.9. The fraction of sp³-hybridized carbons (Fsp3) is 0.387. The second kappa shape index (κ2) is 12.3. The summed E-state index contributed by atoms with van der Waals surface area (Å²) in [6.45, 7) is 5.52. The first-order valence-electron chi connectivity index (χ1n) is 14.1. The van der Waals surface area contributed by atoms with Gasteiger partial charge < -0.3 is 9.80 Å². The van der Waals surface area contributed by atoms with Crippen LogP contribution < -0.4 is 0 Å². The van der Waals surface area contributed by atoms with Crippen molar-refractivity contribution < 1.29 is 4.79 Å². The number of likely N-dealkylation sites (tertiary alicyclic amines) is 2. The summed E-state index contributed by atoms with van der Waals surface area (Å²) < 4.78 is 3.67. The van der Waals surface area contributed by atoms with E-state index in [4.69, 9.17) is 23.2 Å². The maximum atomic E-state index is 14.6. The van der Waals surface area contributed by atoms with Gasteiger partial charge in [-0.05, 0) is 100 Å². The van der Waals surface area contributed by atoms with E-state index in [-0.39, 0.29) is 17.6 Å². The molecule has 2 fully saturated rings. The average molecular weight is 578 g/mol. The Bertz CT molecular complexity index is 1310. The van der Waals surface area contributed by atoms with Crippen LogP contribution in [0.3, 0.4) is 0 Å². The summed E-state index contributed by atoms with van der Waals surface area (Å²) in [6.07, 6.45) is 12.4. The normalized spacial score (nSPS) is 17.9. The van der Waals surface area contributed by atoms with E-state index in [0.717, 1.165) is 48.7 Å². The number of Topliss-reactive ketones (excluding diaryl/α,β-unsaturated/α-hetero) is 1. The molecule has 9 heteroatoms. The minimum Gasteiger partial charge on any atom is -0.302 e. The molecule has 2 aromatic heterocycles. The molecule has 7 nitrogen and oxygen atoms in total. The van der Waals surface area contributed by atoms with Crippen molar-refractivity contribution in [1.82, 2.24) is 29.4 Å². The standard InChI is InChI=1S/C31H34Cl2N6O/c32-25-5-9-27(10-6-25)38-19-23(17-34-38)29(21-36-13-1-2-14-36)31(40)30(22-37-15-3-4-16-37)24-18-35-39(20-24)28-11-7-26(33)8-12-28/h5-12,17-20,29-30H,1-4,13-16,21-22H2. The van der Waals surface area contributed by atoms with Crippen LogP contribution in [0.2, 0.25) is 10.0 Å². The van der Waals surface area contributed by atoms with E-state index in [2.05, 4.69) is 20.0 Å². The van der Waals surface area contributed by atoms with E-state index >= 15 is 0 Å². The van der Waals surface area contributed by atoms with Gasteiger partial charge in [0.2, 0.25) is 0 Å². The molecule has 2 aliphatic heterocycles. The van der Waals surface area contributed by atoms with Gasteiger partial charge in [-0.15, -0.1) is 0 Å². The monoisotopic (exact) mass is 576 g/mol. The van der Waals surface area contributed by atoms with Gasteiger partial charge in [-0.1, -0.05) is 23.2 Å². The van der Waals surface area contributed by atoms with Crippen LogP contribution >= 0.6 is 23.2 Å². The summed E-state index contributed by atoms with van der Waals surface area (Å²) in [4.78, 5) is 19.5. The first kappa shape index (κ1) is 27.2. The molecule has 0 amide bonds. The Morgan fingerprint density at radius 1 is 0.650 bits per heavy atom. The summed E-state index contributed by atoms with van der Waals surface area (Å²) in [7, 11) is 0. The number of ketones is 1. The predicted octanol–water partition coefficient (Wildman–Crippen LogP) is 5.99. The number of rotatable bonds is 10. The molecule has 2 atom stereocenters. The van der Waals surface area contributed by atoms with E-state index < -0.39 is 0 Å². The number of halogens is 2. The molecular weight excluding hydrogens is 543 g/mol. The van der Waals surface area contributed by atoms with Crippen LogP contribution in [0.25, 0.3) is 11.4 Å². The van der Waals surface area contributed by atoms with Gasteiger partial charge in [0.05, 0.1) is 35.6 Å². The number of benzene rings is 2. The van der Waals surface area contributed by atoms with E-state index in [1.54, 1.807) is 0 Å².